The van der Waals surface area contributed by atoms with Gasteiger partial charge < -0.3 is 5.32 Å². The van der Waals surface area contributed by atoms with E-state index in [4.69, 9.17) is 0 Å². The van der Waals surface area contributed by atoms with E-state index < -0.39 is 5.41 Å². The molecule has 2 aromatic carbocycles. The highest BCUT2D eigenvalue weighted by atomic mass is 79.9. The summed E-state index contributed by atoms with van der Waals surface area (Å²) in [5, 5.41) is 7.34. The fourth-order valence-electron chi connectivity index (χ4n) is 3.53. The van der Waals surface area contributed by atoms with E-state index >= 15 is 0 Å². The van der Waals surface area contributed by atoms with Gasteiger partial charge in [-0.05, 0) is 48.2 Å². The van der Waals surface area contributed by atoms with E-state index in [1.165, 1.54) is 12.1 Å². The van der Waals surface area contributed by atoms with E-state index in [0.29, 0.717) is 12.4 Å². The first-order valence-corrected chi connectivity index (χ1v) is 9.70. The number of amides is 1. The summed E-state index contributed by atoms with van der Waals surface area (Å²) in [5.74, 6) is 0.231. The summed E-state index contributed by atoms with van der Waals surface area (Å²) in [6.07, 6.45) is 4.08. The van der Waals surface area contributed by atoms with Gasteiger partial charge in [-0.3, -0.25) is 4.79 Å². The lowest BCUT2D eigenvalue weighted by Crippen LogP contribution is -2.46. The number of hydrogen-bond acceptors (Lipinski definition) is 2. The van der Waals surface area contributed by atoms with Gasteiger partial charge in [-0.2, -0.15) is 5.10 Å². The van der Waals surface area contributed by atoms with Crippen LogP contribution in [-0.2, 0) is 16.8 Å². The number of anilines is 1. The molecule has 0 unspecified atom stereocenters. The Balaban J connectivity index is 1.55. The summed E-state index contributed by atoms with van der Waals surface area (Å²) in [6, 6.07) is 16.1. The van der Waals surface area contributed by atoms with Crippen LogP contribution in [0.15, 0.2) is 65.3 Å². The largest absolute Gasteiger partial charge is 0.310 e. The molecule has 0 spiro atoms. The lowest BCUT2D eigenvalue weighted by molar-refractivity contribution is -0.124. The van der Waals surface area contributed by atoms with E-state index in [1.807, 2.05) is 30.3 Å². The number of nitrogens with zero attached hydrogens (tertiary/aromatic N) is 2. The molecule has 1 N–H and O–H groups in total. The molecule has 4 rings (SSSR count). The molecule has 6 heteroatoms. The molecule has 1 amide bonds. The van der Waals surface area contributed by atoms with Crippen molar-refractivity contribution in [1.29, 1.82) is 0 Å². The van der Waals surface area contributed by atoms with Gasteiger partial charge >= 0.3 is 0 Å². The molecular formula is C21H19BrFN3O. The normalized spacial score (nSPS) is 15.2. The minimum atomic E-state index is -0.658. The molecule has 1 aliphatic rings. The molecule has 1 fully saturated rings. The quantitative estimate of drug-likeness (QED) is 0.629. The first-order chi connectivity index (χ1) is 13.1. The second-order valence-corrected chi connectivity index (χ2v) is 7.82. The van der Waals surface area contributed by atoms with Crippen LogP contribution >= 0.6 is 15.9 Å². The standard InChI is InChI=1S/C21H19BrFN3O/c22-17-7-5-15(6-8-17)14-26-19(9-12-24-26)25-20(27)21(10-2-11-21)16-3-1-4-18(23)13-16/h1,3-9,12-13H,2,10-11,14H2,(H,25,27). The molecule has 27 heavy (non-hydrogen) atoms. The lowest BCUT2D eigenvalue weighted by Gasteiger charge is -2.40. The van der Waals surface area contributed by atoms with Crippen LogP contribution in [0, 0.1) is 5.82 Å². The third kappa shape index (κ3) is 3.54. The van der Waals surface area contributed by atoms with Gasteiger partial charge in [-0.25, -0.2) is 9.07 Å². The molecule has 0 saturated heterocycles. The summed E-state index contributed by atoms with van der Waals surface area (Å²) in [4.78, 5) is 13.1. The third-order valence-corrected chi connectivity index (χ3v) is 5.75. The van der Waals surface area contributed by atoms with Gasteiger partial charge in [0.25, 0.3) is 0 Å². The number of benzene rings is 2. The van der Waals surface area contributed by atoms with Crippen LogP contribution in [-0.4, -0.2) is 15.7 Å². The van der Waals surface area contributed by atoms with Crippen molar-refractivity contribution in [1.82, 2.24) is 9.78 Å². The SMILES string of the molecule is O=C(Nc1ccnn1Cc1ccc(Br)cc1)C1(c2cccc(F)c2)CCC1. The van der Waals surface area contributed by atoms with Crippen LogP contribution in [0.4, 0.5) is 10.2 Å². The number of carbonyl (C=O) groups is 1. The van der Waals surface area contributed by atoms with Gasteiger partial charge in [-0.1, -0.05) is 46.6 Å². The summed E-state index contributed by atoms with van der Waals surface area (Å²) >= 11 is 3.43. The zero-order valence-corrected chi connectivity index (χ0v) is 16.2. The fourth-order valence-corrected chi connectivity index (χ4v) is 3.79. The first kappa shape index (κ1) is 17.9. The first-order valence-electron chi connectivity index (χ1n) is 8.91. The summed E-state index contributed by atoms with van der Waals surface area (Å²) in [7, 11) is 0. The minimum absolute atomic E-state index is 0.100. The van der Waals surface area contributed by atoms with Crippen molar-refractivity contribution < 1.29 is 9.18 Å². The molecular weight excluding hydrogens is 409 g/mol. The zero-order valence-electron chi connectivity index (χ0n) is 14.7. The van der Waals surface area contributed by atoms with Gasteiger partial charge in [0, 0.05) is 10.5 Å². The Bertz CT molecular complexity index is 964. The van der Waals surface area contributed by atoms with Gasteiger partial charge in [0.05, 0.1) is 18.2 Å². The number of halogens is 2. The number of nitrogens with one attached hydrogen (secondary N) is 1. The topological polar surface area (TPSA) is 46.9 Å². The van der Waals surface area contributed by atoms with Crippen LogP contribution in [0.3, 0.4) is 0 Å². The van der Waals surface area contributed by atoms with E-state index in [0.717, 1.165) is 34.9 Å². The average Bonchev–Trinajstić information content (AvgIpc) is 3.03. The third-order valence-electron chi connectivity index (χ3n) is 5.22. The smallest absolute Gasteiger partial charge is 0.236 e. The number of rotatable bonds is 5. The molecule has 138 valence electrons. The van der Waals surface area contributed by atoms with Crippen molar-refractivity contribution in [2.45, 2.75) is 31.2 Å². The van der Waals surface area contributed by atoms with Gasteiger partial charge in [0.1, 0.15) is 11.6 Å². The van der Waals surface area contributed by atoms with Crippen molar-refractivity contribution in [2.24, 2.45) is 0 Å². The molecule has 0 bridgehead atoms. The molecule has 1 heterocycles. The van der Waals surface area contributed by atoms with Gasteiger partial charge in [0.15, 0.2) is 0 Å². The summed E-state index contributed by atoms with van der Waals surface area (Å²) < 4.78 is 16.5. The van der Waals surface area contributed by atoms with Crippen molar-refractivity contribution in [2.75, 3.05) is 5.32 Å². The highest BCUT2D eigenvalue weighted by Crippen LogP contribution is 2.44. The lowest BCUT2D eigenvalue weighted by atomic mass is 9.64. The average molecular weight is 428 g/mol. The summed E-state index contributed by atoms with van der Waals surface area (Å²) in [6.45, 7) is 0.558. The Hall–Kier alpha value is -2.47. The highest BCUT2D eigenvalue weighted by molar-refractivity contribution is 9.10. The fraction of sp³-hybridized carbons (Fsp3) is 0.238. The molecule has 0 aliphatic heterocycles. The Morgan fingerprint density at radius 3 is 2.63 bits per heavy atom. The number of aromatic nitrogens is 2. The maximum Gasteiger partial charge on any atom is 0.236 e. The molecule has 0 atom stereocenters. The van der Waals surface area contributed by atoms with Crippen LogP contribution in [0.1, 0.15) is 30.4 Å². The second kappa shape index (κ2) is 7.27. The highest BCUT2D eigenvalue weighted by Gasteiger charge is 2.46. The van der Waals surface area contributed by atoms with Gasteiger partial charge in [0.2, 0.25) is 5.91 Å². The molecule has 0 radical (unpaired) electrons. The maximum absolute atomic E-state index is 13.7. The van der Waals surface area contributed by atoms with E-state index in [-0.39, 0.29) is 11.7 Å². The Morgan fingerprint density at radius 1 is 1.19 bits per heavy atom. The van der Waals surface area contributed by atoms with Crippen LogP contribution < -0.4 is 5.32 Å². The van der Waals surface area contributed by atoms with Crippen LogP contribution in [0.2, 0.25) is 0 Å². The van der Waals surface area contributed by atoms with Gasteiger partial charge in [-0.15, -0.1) is 0 Å². The maximum atomic E-state index is 13.7. The van der Waals surface area contributed by atoms with E-state index in [9.17, 15) is 9.18 Å². The van der Waals surface area contributed by atoms with Crippen molar-refractivity contribution in [3.05, 3.63) is 82.2 Å². The monoisotopic (exact) mass is 427 g/mol. The Labute approximate surface area is 165 Å². The number of hydrogen-bond donors (Lipinski definition) is 1. The Kier molecular flexibility index (Phi) is 4.83. The second-order valence-electron chi connectivity index (χ2n) is 6.90. The van der Waals surface area contributed by atoms with E-state index in [1.54, 1.807) is 23.0 Å². The Morgan fingerprint density at radius 2 is 1.96 bits per heavy atom. The molecule has 1 saturated carbocycles. The molecule has 1 aliphatic carbocycles. The predicted octanol–water partition coefficient (Wildman–Crippen LogP) is 4.89. The van der Waals surface area contributed by atoms with Crippen LogP contribution in [0.25, 0.3) is 0 Å². The molecule has 3 aromatic rings. The molecule has 1 aromatic heterocycles. The molecule has 4 nitrogen and oxygen atoms in total. The predicted molar refractivity (Wildman–Crippen MR) is 106 cm³/mol. The number of carbonyl (C=O) groups excluding carboxylic acids is 1. The minimum Gasteiger partial charge on any atom is -0.310 e. The van der Waals surface area contributed by atoms with Crippen molar-refractivity contribution in [3.63, 3.8) is 0 Å². The van der Waals surface area contributed by atoms with Crippen molar-refractivity contribution in [3.8, 4) is 0 Å². The van der Waals surface area contributed by atoms with Crippen LogP contribution in [0.5, 0.6) is 0 Å². The zero-order chi connectivity index (χ0) is 18.9. The van der Waals surface area contributed by atoms with E-state index in [2.05, 4.69) is 26.3 Å². The van der Waals surface area contributed by atoms with Crippen molar-refractivity contribution >= 4 is 27.7 Å². The summed E-state index contributed by atoms with van der Waals surface area (Å²) in [5.41, 5.74) is 1.17.